The molecule has 154 valence electrons. The molecule has 0 N–H and O–H groups in total. The Bertz CT molecular complexity index is 1300. The van der Waals surface area contributed by atoms with Crippen LogP contribution < -0.4 is 0 Å². The van der Waals surface area contributed by atoms with E-state index in [1.807, 2.05) is 49.4 Å². The van der Waals surface area contributed by atoms with Gasteiger partial charge in [-0.1, -0.05) is 36.4 Å². The van der Waals surface area contributed by atoms with Crippen LogP contribution in [0, 0.1) is 18.3 Å². The number of carbonyl (C=O) groups excluding carboxylic acids is 2. The van der Waals surface area contributed by atoms with Crippen molar-refractivity contribution in [2.45, 2.75) is 13.5 Å². The Balaban J connectivity index is 1.89. The van der Waals surface area contributed by atoms with Gasteiger partial charge in [-0.2, -0.15) is 5.26 Å². The van der Waals surface area contributed by atoms with Crippen LogP contribution in [0.15, 0.2) is 54.1 Å². The van der Waals surface area contributed by atoms with Gasteiger partial charge in [0.1, 0.15) is 5.57 Å². The zero-order valence-electron chi connectivity index (χ0n) is 17.4. The van der Waals surface area contributed by atoms with Crippen LogP contribution in [0.2, 0.25) is 0 Å². The summed E-state index contributed by atoms with van der Waals surface area (Å²) in [7, 11) is 3.13. The molecule has 0 unspecified atom stereocenters. The van der Waals surface area contributed by atoms with Gasteiger partial charge in [0.25, 0.3) is 11.8 Å². The summed E-state index contributed by atoms with van der Waals surface area (Å²) in [4.78, 5) is 28.2. The van der Waals surface area contributed by atoms with Gasteiger partial charge < -0.3 is 4.57 Å². The smallest absolute Gasteiger partial charge is 0.265 e. The maximum absolute atomic E-state index is 12.8. The lowest BCUT2D eigenvalue weighted by atomic mass is 10.0. The lowest BCUT2D eigenvalue weighted by molar-refractivity contribution is -0.132. The predicted molar refractivity (Wildman–Crippen MR) is 123 cm³/mol. The fourth-order valence-corrected chi connectivity index (χ4v) is 4.07. The van der Waals surface area contributed by atoms with Gasteiger partial charge in [-0.25, -0.2) is 0 Å². The SMILES string of the molecule is Cc1c(C=C2C(=O)N(C)C(=S)N(C)C2=O)c2ccccc2n1Cc1ccccc1C#N. The molecule has 1 aliphatic heterocycles. The van der Waals surface area contributed by atoms with E-state index in [9.17, 15) is 14.9 Å². The fraction of sp³-hybridized carbons (Fsp3) is 0.167. The van der Waals surface area contributed by atoms with E-state index in [-0.39, 0.29) is 10.7 Å². The number of hydrogen-bond donors (Lipinski definition) is 0. The first-order valence-electron chi connectivity index (χ1n) is 9.72. The molecule has 7 heteroatoms. The summed E-state index contributed by atoms with van der Waals surface area (Å²) in [5, 5.41) is 10.6. The Labute approximate surface area is 185 Å². The van der Waals surface area contributed by atoms with Crippen molar-refractivity contribution in [3.8, 4) is 6.07 Å². The maximum atomic E-state index is 12.8. The van der Waals surface area contributed by atoms with Gasteiger partial charge in [-0.05, 0) is 42.9 Å². The highest BCUT2D eigenvalue weighted by molar-refractivity contribution is 7.80. The highest BCUT2D eigenvalue weighted by atomic mass is 32.1. The van der Waals surface area contributed by atoms with Crippen LogP contribution in [-0.2, 0) is 16.1 Å². The number of likely N-dealkylation sites (N-methyl/N-ethyl adjacent to an activating group) is 2. The molecule has 0 aliphatic carbocycles. The van der Waals surface area contributed by atoms with E-state index < -0.39 is 11.8 Å². The van der Waals surface area contributed by atoms with Crippen molar-refractivity contribution >= 4 is 46.1 Å². The number of nitriles is 1. The molecule has 1 fully saturated rings. The molecule has 2 amide bonds. The van der Waals surface area contributed by atoms with Crippen LogP contribution in [0.1, 0.15) is 22.4 Å². The number of hydrogen-bond acceptors (Lipinski definition) is 4. The normalized spacial score (nSPS) is 14.4. The summed E-state index contributed by atoms with van der Waals surface area (Å²) >= 11 is 5.18. The van der Waals surface area contributed by atoms with Gasteiger partial charge in [0.2, 0.25) is 0 Å². The first-order chi connectivity index (χ1) is 14.8. The molecular formula is C24H20N4O2S. The van der Waals surface area contributed by atoms with E-state index in [1.165, 1.54) is 9.80 Å². The molecule has 31 heavy (non-hydrogen) atoms. The summed E-state index contributed by atoms with van der Waals surface area (Å²) in [5.41, 5.74) is 4.27. The zero-order valence-corrected chi connectivity index (χ0v) is 18.2. The van der Waals surface area contributed by atoms with Crippen LogP contribution in [-0.4, -0.2) is 45.4 Å². The summed E-state index contributed by atoms with van der Waals surface area (Å²) in [6.45, 7) is 2.46. The molecule has 4 rings (SSSR count). The minimum atomic E-state index is -0.417. The van der Waals surface area contributed by atoms with Crippen LogP contribution in [0.3, 0.4) is 0 Å². The van der Waals surface area contributed by atoms with Crippen molar-refractivity contribution in [2.75, 3.05) is 14.1 Å². The topological polar surface area (TPSA) is 69.3 Å². The van der Waals surface area contributed by atoms with E-state index in [1.54, 1.807) is 26.2 Å². The van der Waals surface area contributed by atoms with Crippen molar-refractivity contribution in [3.05, 3.63) is 76.5 Å². The fourth-order valence-electron chi connectivity index (χ4n) is 3.90. The van der Waals surface area contributed by atoms with E-state index in [2.05, 4.69) is 10.6 Å². The molecular weight excluding hydrogens is 408 g/mol. The minimum Gasteiger partial charge on any atom is -0.340 e. The molecule has 1 aliphatic rings. The third-order valence-electron chi connectivity index (χ3n) is 5.68. The minimum absolute atomic E-state index is 0.0713. The van der Waals surface area contributed by atoms with Gasteiger partial charge in [-0.15, -0.1) is 0 Å². The number of fused-ring (bicyclic) bond motifs is 1. The first-order valence-corrected chi connectivity index (χ1v) is 10.1. The number of aromatic nitrogens is 1. The molecule has 2 aromatic carbocycles. The second-order valence-corrected chi connectivity index (χ2v) is 7.81. The summed E-state index contributed by atoms with van der Waals surface area (Å²) in [6.07, 6.45) is 1.66. The van der Waals surface area contributed by atoms with Gasteiger partial charge in [0.15, 0.2) is 5.11 Å². The lowest BCUT2D eigenvalue weighted by Gasteiger charge is -2.31. The highest BCUT2D eigenvalue weighted by Gasteiger charge is 2.35. The average Bonchev–Trinajstić information content (AvgIpc) is 3.05. The summed E-state index contributed by atoms with van der Waals surface area (Å²) < 4.78 is 2.10. The van der Waals surface area contributed by atoms with Crippen molar-refractivity contribution in [1.29, 1.82) is 5.26 Å². The molecule has 0 spiro atoms. The first kappa shape index (κ1) is 20.5. The van der Waals surface area contributed by atoms with Gasteiger partial charge >= 0.3 is 0 Å². The predicted octanol–water partition coefficient (Wildman–Crippen LogP) is 3.47. The Morgan fingerprint density at radius 3 is 2.29 bits per heavy atom. The molecule has 1 aromatic heterocycles. The summed E-state index contributed by atoms with van der Waals surface area (Å²) in [5.74, 6) is -0.835. The van der Waals surface area contributed by atoms with E-state index >= 15 is 0 Å². The van der Waals surface area contributed by atoms with Crippen LogP contribution >= 0.6 is 12.2 Å². The number of thiocarbonyl (C=S) groups is 1. The Kier molecular flexibility index (Phi) is 5.17. The quantitative estimate of drug-likeness (QED) is 0.364. The highest BCUT2D eigenvalue weighted by Crippen LogP contribution is 2.30. The number of para-hydroxylation sites is 1. The lowest BCUT2D eigenvalue weighted by Crippen LogP contribution is -2.52. The molecule has 3 aromatic rings. The number of nitrogens with zero attached hydrogens (tertiary/aromatic N) is 4. The largest absolute Gasteiger partial charge is 0.340 e. The van der Waals surface area contributed by atoms with Crippen molar-refractivity contribution in [1.82, 2.24) is 14.4 Å². The molecule has 1 saturated heterocycles. The number of benzene rings is 2. The monoisotopic (exact) mass is 428 g/mol. The number of rotatable bonds is 3. The Hall–Kier alpha value is -3.76. The van der Waals surface area contributed by atoms with E-state index in [4.69, 9.17) is 12.2 Å². The van der Waals surface area contributed by atoms with E-state index in [0.29, 0.717) is 12.1 Å². The Morgan fingerprint density at radius 1 is 1.00 bits per heavy atom. The Morgan fingerprint density at radius 2 is 1.61 bits per heavy atom. The molecule has 0 radical (unpaired) electrons. The maximum Gasteiger partial charge on any atom is 0.265 e. The molecule has 0 saturated carbocycles. The van der Waals surface area contributed by atoms with Crippen LogP contribution in [0.4, 0.5) is 0 Å². The van der Waals surface area contributed by atoms with Crippen molar-refractivity contribution in [3.63, 3.8) is 0 Å². The van der Waals surface area contributed by atoms with Gasteiger partial charge in [0.05, 0.1) is 11.6 Å². The van der Waals surface area contributed by atoms with Crippen LogP contribution in [0.5, 0.6) is 0 Å². The molecule has 0 bridgehead atoms. The standard InChI is InChI=1S/C24H20N4O2S/c1-15-19(12-20-22(29)26(2)24(31)27(3)23(20)30)18-10-6-7-11-21(18)28(15)14-17-9-5-4-8-16(17)13-25/h4-12H,14H2,1-3H3. The van der Waals surface area contributed by atoms with Crippen LogP contribution in [0.25, 0.3) is 17.0 Å². The zero-order chi connectivity index (χ0) is 22.3. The van der Waals surface area contributed by atoms with Gasteiger partial charge in [0, 0.05) is 42.8 Å². The molecule has 6 nitrogen and oxygen atoms in total. The van der Waals surface area contributed by atoms with E-state index in [0.717, 1.165) is 27.7 Å². The molecule has 2 heterocycles. The summed E-state index contributed by atoms with van der Waals surface area (Å²) in [6, 6.07) is 17.6. The average molecular weight is 429 g/mol. The number of carbonyl (C=O) groups is 2. The second kappa shape index (κ2) is 7.82. The van der Waals surface area contributed by atoms with Crippen molar-refractivity contribution in [2.24, 2.45) is 0 Å². The van der Waals surface area contributed by atoms with Gasteiger partial charge in [-0.3, -0.25) is 19.4 Å². The third-order valence-corrected chi connectivity index (χ3v) is 6.23. The van der Waals surface area contributed by atoms with Crippen molar-refractivity contribution < 1.29 is 9.59 Å². The molecule has 0 atom stereocenters. The third kappa shape index (κ3) is 3.31. The number of amides is 2. The second-order valence-electron chi connectivity index (χ2n) is 7.44.